The van der Waals surface area contributed by atoms with Crippen molar-refractivity contribution in [2.24, 2.45) is 0 Å². The predicted octanol–water partition coefficient (Wildman–Crippen LogP) is 2.97. The summed E-state index contributed by atoms with van der Waals surface area (Å²) in [5.74, 6) is -0.766. The third kappa shape index (κ3) is 1.29. The molecule has 14 heavy (non-hydrogen) atoms. The number of H-pyrrole nitrogens is 1. The lowest BCUT2D eigenvalue weighted by atomic mass is 10.2. The highest BCUT2D eigenvalue weighted by Crippen LogP contribution is 2.28. The summed E-state index contributed by atoms with van der Waals surface area (Å²) >= 11 is 11.2. The zero-order valence-electron chi connectivity index (χ0n) is 6.77. The minimum Gasteiger partial charge on any atom is -0.361 e. The van der Waals surface area contributed by atoms with Crippen LogP contribution in [0.3, 0.4) is 0 Å². The average Bonchev–Trinajstić information content (AvgIpc) is 2.14. The first-order chi connectivity index (χ1) is 6.61. The van der Waals surface area contributed by atoms with Gasteiger partial charge >= 0.3 is 0 Å². The fraction of sp³-hybridized carbons (Fsp3) is 0. The lowest BCUT2D eigenvalue weighted by Crippen LogP contribution is -2.02. The van der Waals surface area contributed by atoms with Crippen LogP contribution in [0.25, 0.3) is 10.9 Å². The number of nitrogens with one attached hydrogen (secondary N) is 1. The van der Waals surface area contributed by atoms with Gasteiger partial charge in [-0.1, -0.05) is 23.2 Å². The van der Waals surface area contributed by atoms with Crippen molar-refractivity contribution < 1.29 is 4.39 Å². The zero-order chi connectivity index (χ0) is 10.3. The molecule has 0 unspecified atom stereocenters. The van der Waals surface area contributed by atoms with Crippen LogP contribution in [0.4, 0.5) is 4.39 Å². The minimum atomic E-state index is -0.766. The molecule has 0 saturated carbocycles. The molecule has 0 amide bonds. The van der Waals surface area contributed by atoms with Crippen molar-refractivity contribution in [3.63, 3.8) is 0 Å². The fourth-order valence-corrected chi connectivity index (χ4v) is 1.79. The maximum atomic E-state index is 13.2. The summed E-state index contributed by atoms with van der Waals surface area (Å²) in [7, 11) is 0. The Bertz CT molecular complexity index is 564. The third-order valence-corrected chi connectivity index (χ3v) is 2.51. The van der Waals surface area contributed by atoms with Crippen molar-refractivity contribution in [2.45, 2.75) is 0 Å². The number of hydrogen-bond acceptors (Lipinski definition) is 1. The van der Waals surface area contributed by atoms with Gasteiger partial charge in [-0.2, -0.15) is 0 Å². The summed E-state index contributed by atoms with van der Waals surface area (Å²) in [4.78, 5) is 14.1. The van der Waals surface area contributed by atoms with Crippen LogP contribution >= 0.6 is 23.2 Å². The van der Waals surface area contributed by atoms with Crippen molar-refractivity contribution in [1.29, 1.82) is 0 Å². The molecule has 1 N–H and O–H groups in total. The zero-order valence-corrected chi connectivity index (χ0v) is 8.29. The van der Waals surface area contributed by atoms with Crippen molar-refractivity contribution in [2.75, 3.05) is 0 Å². The van der Waals surface area contributed by atoms with Crippen LogP contribution < -0.4 is 5.43 Å². The van der Waals surface area contributed by atoms with E-state index in [4.69, 9.17) is 23.2 Å². The first-order valence-corrected chi connectivity index (χ1v) is 4.52. The van der Waals surface area contributed by atoms with Gasteiger partial charge in [0.1, 0.15) is 0 Å². The maximum absolute atomic E-state index is 13.2. The lowest BCUT2D eigenvalue weighted by Gasteiger charge is -2.02. The molecule has 0 spiro atoms. The van der Waals surface area contributed by atoms with Crippen LogP contribution in [0.2, 0.25) is 10.0 Å². The second-order valence-corrected chi connectivity index (χ2v) is 3.54. The fourth-order valence-electron chi connectivity index (χ4n) is 1.24. The number of fused-ring (bicyclic) bond motifs is 1. The van der Waals surface area contributed by atoms with Crippen LogP contribution in [0, 0.1) is 5.82 Å². The molecule has 1 aromatic heterocycles. The van der Waals surface area contributed by atoms with Crippen molar-refractivity contribution in [1.82, 2.24) is 4.98 Å². The molecule has 0 aliphatic carbocycles. The molecule has 0 radical (unpaired) electrons. The minimum absolute atomic E-state index is 0.107. The highest BCUT2D eigenvalue weighted by molar-refractivity contribution is 6.38. The number of hydrogen-bond donors (Lipinski definition) is 1. The molecule has 2 nitrogen and oxygen atoms in total. The molecule has 0 saturated heterocycles. The Morgan fingerprint density at radius 1 is 1.36 bits per heavy atom. The number of aromatic amines is 1. The van der Waals surface area contributed by atoms with Crippen LogP contribution in [0.15, 0.2) is 23.1 Å². The van der Waals surface area contributed by atoms with Crippen molar-refractivity contribution >= 4 is 34.1 Å². The van der Waals surface area contributed by atoms with Gasteiger partial charge in [-0.25, -0.2) is 4.39 Å². The van der Waals surface area contributed by atoms with Gasteiger partial charge in [0, 0.05) is 12.3 Å². The van der Waals surface area contributed by atoms with Crippen molar-refractivity contribution in [3.05, 3.63) is 44.4 Å². The van der Waals surface area contributed by atoms with E-state index in [0.717, 1.165) is 0 Å². The standard InChI is InChI=1S/C9H4Cl2FNO/c10-4-3-5-7(8(11)9(4)12)6(14)1-2-13-5/h1-3H,(H,13,14). The maximum Gasteiger partial charge on any atom is 0.190 e. The van der Waals surface area contributed by atoms with E-state index in [9.17, 15) is 9.18 Å². The summed E-state index contributed by atoms with van der Waals surface area (Å²) in [5, 5.41) is -0.227. The first kappa shape index (κ1) is 9.49. The number of halogens is 3. The SMILES string of the molecule is O=c1cc[nH]c2cc(Cl)c(F)c(Cl)c12. The van der Waals surface area contributed by atoms with E-state index in [2.05, 4.69) is 4.98 Å². The molecule has 0 bridgehead atoms. The molecule has 1 aromatic carbocycles. The molecule has 2 rings (SSSR count). The quantitative estimate of drug-likeness (QED) is 0.696. The van der Waals surface area contributed by atoms with E-state index < -0.39 is 5.82 Å². The van der Waals surface area contributed by atoms with Crippen LogP contribution in [-0.4, -0.2) is 4.98 Å². The molecule has 5 heteroatoms. The molecule has 0 fully saturated rings. The third-order valence-electron chi connectivity index (χ3n) is 1.88. The largest absolute Gasteiger partial charge is 0.361 e. The Morgan fingerprint density at radius 2 is 2.07 bits per heavy atom. The highest BCUT2D eigenvalue weighted by atomic mass is 35.5. The van der Waals surface area contributed by atoms with E-state index in [0.29, 0.717) is 5.52 Å². The van der Waals surface area contributed by atoms with E-state index in [1.165, 1.54) is 18.3 Å². The summed E-state index contributed by atoms with van der Waals surface area (Å²) in [5.41, 5.74) is 0.0909. The van der Waals surface area contributed by atoms with Crippen LogP contribution in [0.5, 0.6) is 0 Å². The number of pyridine rings is 1. The number of aromatic nitrogens is 1. The molecule has 0 aliphatic rings. The topological polar surface area (TPSA) is 32.9 Å². The summed E-state index contributed by atoms with van der Waals surface area (Å²) in [6.07, 6.45) is 1.45. The average molecular weight is 232 g/mol. The summed E-state index contributed by atoms with van der Waals surface area (Å²) in [6, 6.07) is 2.61. The van der Waals surface area contributed by atoms with Crippen LogP contribution in [0.1, 0.15) is 0 Å². The molecular weight excluding hydrogens is 228 g/mol. The summed E-state index contributed by atoms with van der Waals surface area (Å²) in [6.45, 7) is 0. The first-order valence-electron chi connectivity index (χ1n) is 3.76. The van der Waals surface area contributed by atoms with Gasteiger partial charge in [-0.05, 0) is 6.07 Å². The molecule has 72 valence electrons. The Hall–Kier alpha value is -1.06. The Kier molecular flexibility index (Phi) is 2.21. The molecule has 0 aliphatic heterocycles. The Balaban J connectivity index is 3.07. The van der Waals surface area contributed by atoms with E-state index in [1.807, 2.05) is 0 Å². The normalized spacial score (nSPS) is 10.8. The van der Waals surface area contributed by atoms with Gasteiger partial charge in [-0.15, -0.1) is 0 Å². The number of rotatable bonds is 0. The van der Waals surface area contributed by atoms with Crippen molar-refractivity contribution in [3.8, 4) is 0 Å². The number of benzene rings is 1. The van der Waals surface area contributed by atoms with E-state index >= 15 is 0 Å². The molecule has 0 atom stereocenters. The van der Waals surface area contributed by atoms with Crippen LogP contribution in [-0.2, 0) is 0 Å². The van der Waals surface area contributed by atoms with E-state index in [-0.39, 0.29) is 20.9 Å². The molecule has 2 aromatic rings. The van der Waals surface area contributed by atoms with Gasteiger partial charge in [-0.3, -0.25) is 4.79 Å². The summed E-state index contributed by atoms with van der Waals surface area (Å²) < 4.78 is 13.2. The monoisotopic (exact) mass is 231 g/mol. The second kappa shape index (κ2) is 3.26. The van der Waals surface area contributed by atoms with Gasteiger partial charge in [0.15, 0.2) is 11.2 Å². The molecule has 1 heterocycles. The Labute approximate surface area is 88.3 Å². The van der Waals surface area contributed by atoms with Gasteiger partial charge in [0.2, 0.25) is 0 Å². The Morgan fingerprint density at radius 3 is 2.79 bits per heavy atom. The molecular formula is C9H4Cl2FNO. The van der Waals surface area contributed by atoms with Gasteiger partial charge in [0.25, 0.3) is 0 Å². The smallest absolute Gasteiger partial charge is 0.190 e. The lowest BCUT2D eigenvalue weighted by molar-refractivity contribution is 0.630. The highest BCUT2D eigenvalue weighted by Gasteiger charge is 2.12. The van der Waals surface area contributed by atoms with Gasteiger partial charge in [0.05, 0.1) is 20.9 Å². The second-order valence-electron chi connectivity index (χ2n) is 2.75. The predicted molar refractivity (Wildman–Crippen MR) is 54.5 cm³/mol. The van der Waals surface area contributed by atoms with E-state index in [1.54, 1.807) is 0 Å². The van der Waals surface area contributed by atoms with Gasteiger partial charge < -0.3 is 4.98 Å².